The van der Waals surface area contributed by atoms with Crippen LogP contribution in [0.15, 0.2) is 17.0 Å². The molecule has 20 heavy (non-hydrogen) atoms. The molecule has 1 aromatic rings. The van der Waals surface area contributed by atoms with E-state index >= 15 is 0 Å². The number of nitrogens with zero attached hydrogens (tertiary/aromatic N) is 1. The quantitative estimate of drug-likeness (QED) is 0.862. The predicted molar refractivity (Wildman–Crippen MR) is 79.1 cm³/mol. The first kappa shape index (κ1) is 15.3. The van der Waals surface area contributed by atoms with Gasteiger partial charge in [0.1, 0.15) is 4.90 Å². The Hall–Kier alpha value is -1.11. The van der Waals surface area contributed by atoms with Crippen LogP contribution < -0.4 is 5.73 Å². The van der Waals surface area contributed by atoms with Crippen molar-refractivity contribution in [1.29, 1.82) is 0 Å². The van der Waals surface area contributed by atoms with Gasteiger partial charge in [0.05, 0.1) is 5.69 Å². The van der Waals surface area contributed by atoms with Gasteiger partial charge in [-0.3, -0.25) is 0 Å². The zero-order chi connectivity index (χ0) is 14.9. The van der Waals surface area contributed by atoms with Crippen molar-refractivity contribution in [1.82, 2.24) is 4.31 Å². The van der Waals surface area contributed by atoms with Crippen molar-refractivity contribution in [2.45, 2.75) is 37.6 Å². The molecule has 0 atom stereocenters. The molecular weight excluding hydrogens is 276 g/mol. The molecule has 0 amide bonds. The summed E-state index contributed by atoms with van der Waals surface area (Å²) in [4.78, 5) is 0.242. The van der Waals surface area contributed by atoms with E-state index in [4.69, 9.17) is 10.5 Å². The zero-order valence-electron chi connectivity index (χ0n) is 12.2. The lowest BCUT2D eigenvalue weighted by atomic mass is 10.1. The van der Waals surface area contributed by atoms with Crippen molar-refractivity contribution in [2.75, 3.05) is 26.0 Å². The van der Waals surface area contributed by atoms with Gasteiger partial charge in [-0.2, -0.15) is 4.31 Å². The minimum Gasteiger partial charge on any atom is -0.397 e. The summed E-state index contributed by atoms with van der Waals surface area (Å²) in [6, 6.07) is 3.63. The van der Waals surface area contributed by atoms with Crippen LogP contribution in [-0.4, -0.2) is 39.0 Å². The van der Waals surface area contributed by atoms with Crippen molar-refractivity contribution < 1.29 is 13.2 Å². The fraction of sp³-hybridized carbons (Fsp3) is 0.571. The zero-order valence-corrected chi connectivity index (χ0v) is 13.0. The SMILES string of the molecule is Cc1ccc(C)c(S(=O)(=O)N(C)C2CCOCC2)c1N. The highest BCUT2D eigenvalue weighted by Crippen LogP contribution is 2.30. The number of rotatable bonds is 3. The number of ether oxygens (including phenoxy) is 1. The Morgan fingerprint density at radius 3 is 2.35 bits per heavy atom. The van der Waals surface area contributed by atoms with E-state index in [1.54, 1.807) is 20.0 Å². The first-order chi connectivity index (χ1) is 9.35. The largest absolute Gasteiger partial charge is 0.397 e. The van der Waals surface area contributed by atoms with Crippen molar-refractivity contribution in [3.63, 3.8) is 0 Å². The number of benzene rings is 1. The molecule has 0 aromatic heterocycles. The van der Waals surface area contributed by atoms with Crippen LogP contribution in [0.4, 0.5) is 5.69 Å². The van der Waals surface area contributed by atoms with Crippen LogP contribution in [0.3, 0.4) is 0 Å². The van der Waals surface area contributed by atoms with Gasteiger partial charge in [0.2, 0.25) is 10.0 Å². The van der Waals surface area contributed by atoms with Gasteiger partial charge < -0.3 is 10.5 Å². The maximum absolute atomic E-state index is 12.8. The number of aryl methyl sites for hydroxylation is 2. The van der Waals surface area contributed by atoms with Gasteiger partial charge in [0.15, 0.2) is 0 Å². The molecule has 0 aliphatic carbocycles. The second-order valence-corrected chi connectivity index (χ2v) is 7.24. The smallest absolute Gasteiger partial charge is 0.245 e. The summed E-state index contributed by atoms with van der Waals surface area (Å²) in [5.41, 5.74) is 7.83. The normalized spacial score (nSPS) is 17.6. The summed E-state index contributed by atoms with van der Waals surface area (Å²) in [5.74, 6) is 0. The molecule has 0 saturated carbocycles. The number of nitrogen functional groups attached to an aromatic ring is 1. The summed E-state index contributed by atoms with van der Waals surface area (Å²) in [6.45, 7) is 4.81. The van der Waals surface area contributed by atoms with Gasteiger partial charge in [0, 0.05) is 26.3 Å². The van der Waals surface area contributed by atoms with E-state index < -0.39 is 10.0 Å². The fourth-order valence-electron chi connectivity index (χ4n) is 2.54. The monoisotopic (exact) mass is 298 g/mol. The summed E-state index contributed by atoms with van der Waals surface area (Å²) < 4.78 is 32.4. The Morgan fingerprint density at radius 1 is 1.20 bits per heavy atom. The lowest BCUT2D eigenvalue weighted by Crippen LogP contribution is -2.41. The first-order valence-corrected chi connectivity index (χ1v) is 8.21. The van der Waals surface area contributed by atoms with E-state index in [0.29, 0.717) is 24.5 Å². The van der Waals surface area contributed by atoms with Crippen LogP contribution in [0, 0.1) is 13.8 Å². The fourth-order valence-corrected chi connectivity index (χ4v) is 4.34. The third-order valence-electron chi connectivity index (χ3n) is 3.95. The Kier molecular flexibility index (Phi) is 4.36. The first-order valence-electron chi connectivity index (χ1n) is 6.77. The van der Waals surface area contributed by atoms with Crippen molar-refractivity contribution in [2.24, 2.45) is 0 Å². The highest BCUT2D eigenvalue weighted by Gasteiger charge is 2.32. The van der Waals surface area contributed by atoms with Gasteiger partial charge in [-0.25, -0.2) is 8.42 Å². The Bertz CT molecular complexity index is 593. The van der Waals surface area contributed by atoms with Crippen molar-refractivity contribution in [3.8, 4) is 0 Å². The van der Waals surface area contributed by atoms with E-state index in [9.17, 15) is 8.42 Å². The van der Waals surface area contributed by atoms with E-state index in [1.807, 2.05) is 13.0 Å². The molecule has 1 aliphatic heterocycles. The number of hydrogen-bond donors (Lipinski definition) is 1. The minimum atomic E-state index is -3.57. The van der Waals surface area contributed by atoms with Crippen LogP contribution in [0.5, 0.6) is 0 Å². The summed E-state index contributed by atoms with van der Waals surface area (Å²) in [7, 11) is -1.94. The topological polar surface area (TPSA) is 72.6 Å². The summed E-state index contributed by atoms with van der Waals surface area (Å²) in [6.07, 6.45) is 1.45. The number of nitrogens with two attached hydrogens (primary N) is 1. The maximum atomic E-state index is 12.8. The number of sulfonamides is 1. The molecular formula is C14H22N2O3S. The third kappa shape index (κ3) is 2.68. The summed E-state index contributed by atoms with van der Waals surface area (Å²) >= 11 is 0. The standard InChI is InChI=1S/C14H22N2O3S/c1-10-4-5-11(2)14(13(10)15)20(17,18)16(3)12-6-8-19-9-7-12/h4-5,12H,6-9,15H2,1-3H3. The van der Waals surface area contributed by atoms with Crippen LogP contribution in [0.25, 0.3) is 0 Å². The molecule has 1 heterocycles. The van der Waals surface area contributed by atoms with E-state index in [2.05, 4.69) is 0 Å². The molecule has 112 valence electrons. The van der Waals surface area contributed by atoms with Crippen LogP contribution in [0.2, 0.25) is 0 Å². The highest BCUT2D eigenvalue weighted by atomic mass is 32.2. The van der Waals surface area contributed by atoms with Gasteiger partial charge in [-0.1, -0.05) is 12.1 Å². The third-order valence-corrected chi connectivity index (χ3v) is 6.07. The lowest BCUT2D eigenvalue weighted by molar-refractivity contribution is 0.0632. The van der Waals surface area contributed by atoms with E-state index in [-0.39, 0.29) is 10.9 Å². The second kappa shape index (κ2) is 5.71. The molecule has 1 fully saturated rings. The Labute approximate surface area is 120 Å². The molecule has 2 rings (SSSR count). The Balaban J connectivity index is 2.42. The lowest BCUT2D eigenvalue weighted by Gasteiger charge is -2.31. The van der Waals surface area contributed by atoms with E-state index in [1.165, 1.54) is 4.31 Å². The van der Waals surface area contributed by atoms with Crippen molar-refractivity contribution in [3.05, 3.63) is 23.3 Å². The molecule has 5 nitrogen and oxygen atoms in total. The number of anilines is 1. The second-order valence-electron chi connectivity index (χ2n) is 5.31. The van der Waals surface area contributed by atoms with Crippen LogP contribution in [-0.2, 0) is 14.8 Å². The van der Waals surface area contributed by atoms with Crippen LogP contribution >= 0.6 is 0 Å². The highest BCUT2D eigenvalue weighted by molar-refractivity contribution is 7.89. The predicted octanol–water partition coefficient (Wildman–Crippen LogP) is 1.69. The molecule has 1 saturated heterocycles. The minimum absolute atomic E-state index is 0.0203. The molecule has 0 unspecified atom stereocenters. The maximum Gasteiger partial charge on any atom is 0.245 e. The molecule has 6 heteroatoms. The van der Waals surface area contributed by atoms with E-state index in [0.717, 1.165) is 18.4 Å². The molecule has 1 aliphatic rings. The number of hydrogen-bond acceptors (Lipinski definition) is 4. The Morgan fingerprint density at radius 2 is 1.75 bits per heavy atom. The average Bonchev–Trinajstić information content (AvgIpc) is 2.43. The molecule has 1 aromatic carbocycles. The van der Waals surface area contributed by atoms with Gasteiger partial charge in [0.25, 0.3) is 0 Å². The van der Waals surface area contributed by atoms with Gasteiger partial charge in [-0.15, -0.1) is 0 Å². The van der Waals surface area contributed by atoms with Crippen molar-refractivity contribution >= 4 is 15.7 Å². The molecule has 0 spiro atoms. The average molecular weight is 298 g/mol. The summed E-state index contributed by atoms with van der Waals surface area (Å²) in [5, 5.41) is 0. The molecule has 0 bridgehead atoms. The molecule has 0 radical (unpaired) electrons. The van der Waals surface area contributed by atoms with Crippen LogP contribution in [0.1, 0.15) is 24.0 Å². The molecule has 2 N–H and O–H groups in total. The van der Waals surface area contributed by atoms with Gasteiger partial charge >= 0.3 is 0 Å². The van der Waals surface area contributed by atoms with Gasteiger partial charge in [-0.05, 0) is 37.8 Å².